The van der Waals surface area contributed by atoms with Gasteiger partial charge in [0.1, 0.15) is 6.54 Å². The Morgan fingerprint density at radius 1 is 0.857 bits per heavy atom. The predicted octanol–water partition coefficient (Wildman–Crippen LogP) is 2.62. The molecule has 4 amide bonds. The van der Waals surface area contributed by atoms with Crippen molar-refractivity contribution in [2.24, 2.45) is 0 Å². The summed E-state index contributed by atoms with van der Waals surface area (Å²) in [7, 11) is 0. The van der Waals surface area contributed by atoms with Crippen LogP contribution in [0.5, 0.6) is 0 Å². The molecule has 35 heavy (non-hydrogen) atoms. The number of fused-ring (bicyclic) bond motifs is 2. The minimum atomic E-state index is -0.739. The molecule has 0 aromatic heterocycles. The molecule has 2 aliphatic heterocycles. The van der Waals surface area contributed by atoms with Gasteiger partial charge in [-0.25, -0.2) is 4.79 Å². The maximum absolute atomic E-state index is 12.7. The largest absolute Gasteiger partial charge is 0.452 e. The summed E-state index contributed by atoms with van der Waals surface area (Å²) in [5.41, 5.74) is 2.45. The monoisotopic (exact) mass is 469 g/mol. The zero-order valence-electron chi connectivity index (χ0n) is 18.4. The van der Waals surface area contributed by atoms with Gasteiger partial charge in [-0.3, -0.25) is 29.0 Å². The van der Waals surface area contributed by atoms with Crippen LogP contribution in [0.2, 0.25) is 0 Å². The highest BCUT2D eigenvalue weighted by molar-refractivity contribution is 6.21. The highest BCUT2D eigenvalue weighted by Crippen LogP contribution is 2.29. The summed E-state index contributed by atoms with van der Waals surface area (Å²) in [6.07, 6.45) is 0. The third-order valence-corrected chi connectivity index (χ3v) is 5.78. The van der Waals surface area contributed by atoms with Crippen LogP contribution in [0.15, 0.2) is 72.8 Å². The zero-order valence-corrected chi connectivity index (χ0v) is 18.4. The number of esters is 1. The van der Waals surface area contributed by atoms with Crippen molar-refractivity contribution in [2.45, 2.75) is 6.54 Å². The first-order valence-corrected chi connectivity index (χ1v) is 10.8. The average Bonchev–Trinajstić information content (AvgIpc) is 3.11. The number of imide groups is 1. The maximum atomic E-state index is 12.7. The Hall–Kier alpha value is -4.79. The van der Waals surface area contributed by atoms with Gasteiger partial charge >= 0.3 is 5.97 Å². The summed E-state index contributed by atoms with van der Waals surface area (Å²) in [6.45, 7) is -0.738. The lowest BCUT2D eigenvalue weighted by Gasteiger charge is -2.28. The molecule has 0 bridgehead atoms. The van der Waals surface area contributed by atoms with Gasteiger partial charge in [0.05, 0.1) is 34.6 Å². The molecule has 2 aliphatic rings. The molecule has 0 saturated carbocycles. The van der Waals surface area contributed by atoms with E-state index in [9.17, 15) is 24.0 Å². The molecule has 0 aliphatic carbocycles. The number of rotatable bonds is 5. The van der Waals surface area contributed by atoms with Crippen LogP contribution in [0.1, 0.15) is 36.6 Å². The molecule has 1 N–H and O–H groups in total. The third kappa shape index (κ3) is 4.15. The van der Waals surface area contributed by atoms with E-state index < -0.39 is 30.3 Å². The number of carbonyl (C=O) groups is 5. The van der Waals surface area contributed by atoms with Crippen molar-refractivity contribution in [3.05, 3.63) is 95.1 Å². The van der Waals surface area contributed by atoms with E-state index in [1.54, 1.807) is 60.7 Å². The molecule has 174 valence electrons. The Bertz CT molecular complexity index is 1360. The van der Waals surface area contributed by atoms with Crippen LogP contribution in [0.25, 0.3) is 0 Å². The topological polar surface area (TPSA) is 113 Å². The first-order valence-electron chi connectivity index (χ1n) is 10.8. The summed E-state index contributed by atoms with van der Waals surface area (Å²) in [6, 6.07) is 19.8. The van der Waals surface area contributed by atoms with Crippen LogP contribution in [0.3, 0.4) is 0 Å². The fraction of sp³-hybridized carbons (Fsp3) is 0.115. The van der Waals surface area contributed by atoms with Crippen LogP contribution in [0, 0.1) is 0 Å². The van der Waals surface area contributed by atoms with Crippen LogP contribution in [0.4, 0.5) is 11.4 Å². The molecule has 0 saturated heterocycles. The molecule has 9 nitrogen and oxygen atoms in total. The van der Waals surface area contributed by atoms with E-state index in [1.807, 2.05) is 0 Å². The second-order valence-electron chi connectivity index (χ2n) is 8.06. The second kappa shape index (κ2) is 8.86. The van der Waals surface area contributed by atoms with Gasteiger partial charge in [-0.15, -0.1) is 0 Å². The van der Waals surface area contributed by atoms with E-state index in [2.05, 4.69) is 5.32 Å². The van der Waals surface area contributed by atoms with Crippen LogP contribution in [-0.4, -0.2) is 47.6 Å². The van der Waals surface area contributed by atoms with Gasteiger partial charge in [-0.1, -0.05) is 36.4 Å². The molecule has 3 aromatic carbocycles. The van der Waals surface area contributed by atoms with E-state index >= 15 is 0 Å². The number of carbonyl (C=O) groups excluding carboxylic acids is 5. The van der Waals surface area contributed by atoms with Gasteiger partial charge in [0, 0.05) is 0 Å². The first-order chi connectivity index (χ1) is 16.9. The lowest BCUT2D eigenvalue weighted by molar-refractivity contribution is -0.124. The minimum Gasteiger partial charge on any atom is -0.452 e. The van der Waals surface area contributed by atoms with Crippen LogP contribution in [-0.2, 0) is 20.9 Å². The second-order valence-corrected chi connectivity index (χ2v) is 8.06. The smallest absolute Gasteiger partial charge is 0.338 e. The van der Waals surface area contributed by atoms with Gasteiger partial charge in [0.15, 0.2) is 6.61 Å². The Labute approximate surface area is 199 Å². The van der Waals surface area contributed by atoms with Crippen molar-refractivity contribution >= 4 is 41.0 Å². The van der Waals surface area contributed by atoms with E-state index in [0.717, 1.165) is 4.90 Å². The lowest BCUT2D eigenvalue weighted by atomic mass is 10.1. The van der Waals surface area contributed by atoms with Gasteiger partial charge in [0.2, 0.25) is 5.91 Å². The van der Waals surface area contributed by atoms with E-state index in [4.69, 9.17) is 4.74 Å². The number of nitrogens with one attached hydrogen (secondary N) is 1. The van der Waals surface area contributed by atoms with Crippen molar-refractivity contribution in [3.63, 3.8) is 0 Å². The quantitative estimate of drug-likeness (QED) is 0.454. The Balaban J connectivity index is 1.25. The zero-order chi connectivity index (χ0) is 24.5. The number of hydrogen-bond donors (Lipinski definition) is 1. The number of hydrogen-bond acceptors (Lipinski definition) is 6. The summed E-state index contributed by atoms with van der Waals surface area (Å²) in [4.78, 5) is 64.9. The molecule has 0 spiro atoms. The molecule has 0 radical (unpaired) electrons. The summed E-state index contributed by atoms with van der Waals surface area (Å²) < 4.78 is 5.20. The third-order valence-electron chi connectivity index (χ3n) is 5.78. The lowest BCUT2D eigenvalue weighted by Crippen LogP contribution is -2.44. The Morgan fingerprint density at radius 2 is 1.54 bits per heavy atom. The van der Waals surface area contributed by atoms with Gasteiger partial charge in [0.25, 0.3) is 17.7 Å². The Kier molecular flexibility index (Phi) is 5.58. The van der Waals surface area contributed by atoms with E-state index in [0.29, 0.717) is 28.1 Å². The Morgan fingerprint density at radius 3 is 2.29 bits per heavy atom. The van der Waals surface area contributed by atoms with Crippen LogP contribution < -0.4 is 10.2 Å². The van der Waals surface area contributed by atoms with Crippen molar-refractivity contribution in [2.75, 3.05) is 23.4 Å². The fourth-order valence-corrected chi connectivity index (χ4v) is 4.11. The SMILES string of the molecule is O=C1CN(C(=O)COC(=O)c2cccc(CN3C(=O)c4ccccc4C3=O)c2)c2ccccc2N1. The number of ether oxygens (including phenoxy) is 1. The van der Waals surface area contributed by atoms with E-state index in [1.165, 1.54) is 17.0 Å². The molecule has 0 unspecified atom stereocenters. The average molecular weight is 469 g/mol. The first kappa shape index (κ1) is 22.0. The molecule has 0 fully saturated rings. The van der Waals surface area contributed by atoms with Crippen molar-refractivity contribution in [3.8, 4) is 0 Å². The standard InChI is InChI=1S/C26H19N3O6/c30-22-14-28(21-11-4-3-10-20(21)27-22)23(31)15-35-26(34)17-7-5-6-16(12-17)13-29-24(32)18-8-1-2-9-19(18)25(29)33/h1-12H,13-15H2,(H,27,30). The number of para-hydroxylation sites is 2. The van der Waals surface area contributed by atoms with Crippen molar-refractivity contribution < 1.29 is 28.7 Å². The minimum absolute atomic E-state index is 0.00787. The normalized spacial score (nSPS) is 14.3. The number of amides is 4. The predicted molar refractivity (Wildman–Crippen MR) is 125 cm³/mol. The highest BCUT2D eigenvalue weighted by Gasteiger charge is 2.35. The highest BCUT2D eigenvalue weighted by atomic mass is 16.5. The van der Waals surface area contributed by atoms with Crippen LogP contribution >= 0.6 is 0 Å². The van der Waals surface area contributed by atoms with Gasteiger partial charge in [-0.2, -0.15) is 0 Å². The van der Waals surface area contributed by atoms with Crippen molar-refractivity contribution in [1.29, 1.82) is 0 Å². The maximum Gasteiger partial charge on any atom is 0.338 e. The molecular formula is C26H19N3O6. The summed E-state index contributed by atoms with van der Waals surface area (Å²) in [5.74, 6) is -2.41. The summed E-state index contributed by atoms with van der Waals surface area (Å²) >= 11 is 0. The molecule has 0 atom stereocenters. The summed E-state index contributed by atoms with van der Waals surface area (Å²) in [5, 5.41) is 2.69. The van der Waals surface area contributed by atoms with Crippen molar-refractivity contribution in [1.82, 2.24) is 4.90 Å². The number of nitrogens with zero attached hydrogens (tertiary/aromatic N) is 2. The van der Waals surface area contributed by atoms with E-state index in [-0.39, 0.29) is 24.6 Å². The number of benzene rings is 3. The molecule has 3 aromatic rings. The molecule has 5 rings (SSSR count). The fourth-order valence-electron chi connectivity index (χ4n) is 4.11. The molecular weight excluding hydrogens is 450 g/mol. The molecule has 2 heterocycles. The van der Waals surface area contributed by atoms with Gasteiger partial charge < -0.3 is 10.1 Å². The molecule has 9 heteroatoms. The number of anilines is 2. The van der Waals surface area contributed by atoms with Gasteiger partial charge in [-0.05, 0) is 42.0 Å².